The van der Waals surface area contributed by atoms with Crippen molar-refractivity contribution < 1.29 is 14.3 Å². The first-order valence-corrected chi connectivity index (χ1v) is 9.85. The van der Waals surface area contributed by atoms with Crippen LogP contribution >= 0.6 is 0 Å². The first-order valence-electron chi connectivity index (χ1n) is 9.85. The van der Waals surface area contributed by atoms with Crippen LogP contribution in [0.4, 0.5) is 4.79 Å². The maximum atomic E-state index is 12.6. The van der Waals surface area contributed by atoms with Gasteiger partial charge in [0.1, 0.15) is 0 Å². The minimum atomic E-state index is -0.182. The quantitative estimate of drug-likeness (QED) is 0.649. The second-order valence-electron chi connectivity index (χ2n) is 7.34. The summed E-state index contributed by atoms with van der Waals surface area (Å²) in [6.07, 6.45) is 4.53. The fourth-order valence-electron chi connectivity index (χ4n) is 3.28. The molecular formula is C20H32N4O3. The summed E-state index contributed by atoms with van der Waals surface area (Å²) in [7, 11) is 0. The van der Waals surface area contributed by atoms with Crippen molar-refractivity contribution in [2.75, 3.05) is 6.61 Å². The van der Waals surface area contributed by atoms with E-state index in [2.05, 4.69) is 20.9 Å². The van der Waals surface area contributed by atoms with Crippen LogP contribution in [0, 0.1) is 5.92 Å². The van der Waals surface area contributed by atoms with Crippen LogP contribution in [0.1, 0.15) is 52.1 Å². The van der Waals surface area contributed by atoms with Gasteiger partial charge in [-0.1, -0.05) is 13.0 Å². The van der Waals surface area contributed by atoms with Gasteiger partial charge < -0.3 is 20.7 Å². The number of hydrogen-bond acceptors (Lipinski definition) is 4. The van der Waals surface area contributed by atoms with E-state index in [0.29, 0.717) is 19.6 Å². The zero-order valence-corrected chi connectivity index (χ0v) is 16.5. The molecule has 3 N–H and O–H groups in total. The van der Waals surface area contributed by atoms with Crippen LogP contribution in [0.25, 0.3) is 0 Å². The maximum Gasteiger partial charge on any atom is 0.315 e. The molecule has 0 radical (unpaired) electrons. The minimum Gasteiger partial charge on any atom is -0.376 e. The number of rotatable bonds is 8. The lowest BCUT2D eigenvalue weighted by Gasteiger charge is -2.36. The average Bonchev–Trinajstić information content (AvgIpc) is 2.65. The second-order valence-corrected chi connectivity index (χ2v) is 7.34. The number of carbonyl (C=O) groups is 2. The van der Waals surface area contributed by atoms with Crippen molar-refractivity contribution in [2.24, 2.45) is 5.92 Å². The summed E-state index contributed by atoms with van der Waals surface area (Å²) in [5.41, 5.74) is 0.838. The van der Waals surface area contributed by atoms with E-state index in [1.165, 1.54) is 0 Å². The molecule has 7 nitrogen and oxygen atoms in total. The van der Waals surface area contributed by atoms with Crippen molar-refractivity contribution in [3.8, 4) is 0 Å². The highest BCUT2D eigenvalue weighted by molar-refractivity contribution is 5.79. The highest BCUT2D eigenvalue weighted by atomic mass is 16.5. The number of urea groups is 1. The highest BCUT2D eigenvalue weighted by Gasteiger charge is 2.35. The lowest BCUT2D eigenvalue weighted by atomic mass is 9.83. The lowest BCUT2D eigenvalue weighted by molar-refractivity contribution is -0.128. The van der Waals surface area contributed by atoms with E-state index in [1.54, 1.807) is 6.20 Å². The highest BCUT2D eigenvalue weighted by Crippen LogP contribution is 2.27. The number of nitrogens with zero attached hydrogens (tertiary/aromatic N) is 1. The molecule has 0 saturated heterocycles. The van der Waals surface area contributed by atoms with Crippen molar-refractivity contribution in [2.45, 2.75) is 71.2 Å². The fraction of sp³-hybridized carbons (Fsp3) is 0.650. The number of pyridine rings is 1. The van der Waals surface area contributed by atoms with Gasteiger partial charge >= 0.3 is 6.03 Å². The SMILES string of the molecule is CCCO[C@@H]1C[C@@H](C(=O)NCc2ccccn2)CC[C@H]1NC(=O)NC(C)C. The molecule has 3 atom stereocenters. The van der Waals surface area contributed by atoms with E-state index < -0.39 is 0 Å². The van der Waals surface area contributed by atoms with E-state index in [4.69, 9.17) is 4.74 Å². The van der Waals surface area contributed by atoms with Gasteiger partial charge in [0.2, 0.25) is 5.91 Å². The molecule has 1 aliphatic carbocycles. The van der Waals surface area contributed by atoms with Crippen LogP contribution in [0.5, 0.6) is 0 Å². The van der Waals surface area contributed by atoms with Gasteiger partial charge in [-0.25, -0.2) is 4.79 Å². The Kier molecular flexibility index (Phi) is 8.51. The Balaban J connectivity index is 1.89. The van der Waals surface area contributed by atoms with Crippen molar-refractivity contribution in [3.05, 3.63) is 30.1 Å². The van der Waals surface area contributed by atoms with E-state index in [-0.39, 0.29) is 36.0 Å². The zero-order valence-electron chi connectivity index (χ0n) is 16.5. The molecule has 0 aliphatic heterocycles. The van der Waals surface area contributed by atoms with Gasteiger partial charge in [0, 0.05) is 24.8 Å². The third kappa shape index (κ3) is 7.17. The second kappa shape index (κ2) is 10.9. The van der Waals surface area contributed by atoms with Gasteiger partial charge in [-0.15, -0.1) is 0 Å². The Morgan fingerprint density at radius 2 is 2.11 bits per heavy atom. The molecule has 0 unspecified atom stereocenters. The molecule has 0 aromatic carbocycles. The summed E-state index contributed by atoms with van der Waals surface area (Å²) in [6, 6.07) is 5.47. The van der Waals surface area contributed by atoms with Gasteiger partial charge in [-0.3, -0.25) is 9.78 Å². The number of aromatic nitrogens is 1. The third-order valence-corrected chi connectivity index (χ3v) is 4.60. The van der Waals surface area contributed by atoms with Crippen molar-refractivity contribution in [3.63, 3.8) is 0 Å². The van der Waals surface area contributed by atoms with Gasteiger partial charge in [-0.2, -0.15) is 0 Å². The summed E-state index contributed by atoms with van der Waals surface area (Å²) in [6.45, 7) is 6.95. The summed E-state index contributed by atoms with van der Waals surface area (Å²) < 4.78 is 5.96. The smallest absolute Gasteiger partial charge is 0.315 e. The van der Waals surface area contributed by atoms with Gasteiger partial charge in [-0.05, 0) is 51.7 Å². The summed E-state index contributed by atoms with van der Waals surface area (Å²) >= 11 is 0. The van der Waals surface area contributed by atoms with Crippen LogP contribution in [0.2, 0.25) is 0 Å². The molecule has 1 aromatic rings. The molecule has 150 valence electrons. The molecule has 1 saturated carbocycles. The molecular weight excluding hydrogens is 344 g/mol. The molecule has 27 heavy (non-hydrogen) atoms. The monoisotopic (exact) mass is 376 g/mol. The van der Waals surface area contributed by atoms with E-state index in [1.807, 2.05) is 39.0 Å². The van der Waals surface area contributed by atoms with Crippen LogP contribution in [-0.4, -0.2) is 41.7 Å². The van der Waals surface area contributed by atoms with E-state index in [0.717, 1.165) is 25.0 Å². The molecule has 2 rings (SSSR count). The molecule has 1 aliphatic rings. The Labute approximate surface area is 161 Å². The lowest BCUT2D eigenvalue weighted by Crippen LogP contribution is -2.53. The maximum absolute atomic E-state index is 12.6. The fourth-order valence-corrected chi connectivity index (χ4v) is 3.28. The predicted molar refractivity (Wildman–Crippen MR) is 104 cm³/mol. The Bertz CT molecular complexity index is 594. The number of hydrogen-bond donors (Lipinski definition) is 3. The third-order valence-electron chi connectivity index (χ3n) is 4.60. The summed E-state index contributed by atoms with van der Waals surface area (Å²) in [4.78, 5) is 28.8. The Morgan fingerprint density at radius 3 is 2.78 bits per heavy atom. The van der Waals surface area contributed by atoms with E-state index >= 15 is 0 Å². The Hall–Kier alpha value is -2.15. The average molecular weight is 377 g/mol. The van der Waals surface area contributed by atoms with Gasteiger partial charge in [0.15, 0.2) is 0 Å². The zero-order chi connectivity index (χ0) is 19.6. The molecule has 0 bridgehead atoms. The van der Waals surface area contributed by atoms with Crippen LogP contribution in [0.3, 0.4) is 0 Å². The first-order chi connectivity index (χ1) is 13.0. The van der Waals surface area contributed by atoms with Crippen molar-refractivity contribution >= 4 is 11.9 Å². The van der Waals surface area contributed by atoms with Crippen LogP contribution in [-0.2, 0) is 16.1 Å². The molecule has 1 aromatic heterocycles. The summed E-state index contributed by atoms with van der Waals surface area (Å²) in [5, 5.41) is 8.83. The first kappa shape index (κ1) is 21.2. The van der Waals surface area contributed by atoms with Crippen LogP contribution < -0.4 is 16.0 Å². The number of ether oxygens (including phenoxy) is 1. The van der Waals surface area contributed by atoms with Crippen LogP contribution in [0.15, 0.2) is 24.4 Å². The normalized spacial score (nSPS) is 22.3. The molecule has 3 amide bonds. The Morgan fingerprint density at radius 1 is 1.30 bits per heavy atom. The van der Waals surface area contributed by atoms with Crippen molar-refractivity contribution in [1.82, 2.24) is 20.9 Å². The van der Waals surface area contributed by atoms with Gasteiger partial charge in [0.05, 0.1) is 24.4 Å². The molecule has 1 heterocycles. The van der Waals surface area contributed by atoms with Crippen molar-refractivity contribution in [1.29, 1.82) is 0 Å². The summed E-state index contributed by atoms with van der Waals surface area (Å²) in [5.74, 6) is -0.0855. The predicted octanol–water partition coefficient (Wildman–Crippen LogP) is 2.37. The topological polar surface area (TPSA) is 92.3 Å². The number of carbonyl (C=O) groups excluding carboxylic acids is 2. The molecule has 0 spiro atoms. The van der Waals surface area contributed by atoms with E-state index in [9.17, 15) is 9.59 Å². The minimum absolute atomic E-state index is 0.0239. The van der Waals surface area contributed by atoms with Gasteiger partial charge in [0.25, 0.3) is 0 Å². The largest absolute Gasteiger partial charge is 0.376 e. The molecule has 1 fully saturated rings. The number of amides is 3. The standard InChI is InChI=1S/C20H32N4O3/c1-4-11-27-18-12-15(8-9-17(18)24-20(26)23-14(2)3)19(25)22-13-16-7-5-6-10-21-16/h5-7,10,14-15,17-18H,4,8-9,11-13H2,1-3H3,(H,22,25)(H2,23,24,26)/t15-,17+,18+/m0/s1. The number of nitrogens with one attached hydrogen (secondary N) is 3. The molecule has 7 heteroatoms.